The van der Waals surface area contributed by atoms with Crippen LogP contribution in [0, 0.1) is 0 Å². The molecular formula is C6H6BrF2N3. The SMILES string of the molecule is Nc1nc(C(F)F)cc(Br)c1N. The van der Waals surface area contributed by atoms with Gasteiger partial charge in [0.25, 0.3) is 6.43 Å². The number of alkyl halides is 2. The van der Waals surface area contributed by atoms with Crippen molar-refractivity contribution in [1.82, 2.24) is 4.98 Å². The summed E-state index contributed by atoms with van der Waals surface area (Å²) in [6.45, 7) is 0. The van der Waals surface area contributed by atoms with Crippen LogP contribution in [0.5, 0.6) is 0 Å². The lowest BCUT2D eigenvalue weighted by atomic mass is 10.3. The van der Waals surface area contributed by atoms with Crippen molar-refractivity contribution in [1.29, 1.82) is 0 Å². The van der Waals surface area contributed by atoms with Gasteiger partial charge in [0.1, 0.15) is 11.5 Å². The van der Waals surface area contributed by atoms with Crippen LogP contribution in [0.1, 0.15) is 12.1 Å². The maximum absolute atomic E-state index is 12.1. The van der Waals surface area contributed by atoms with Gasteiger partial charge < -0.3 is 11.5 Å². The predicted molar refractivity (Wildman–Crippen MR) is 45.7 cm³/mol. The molecule has 1 aromatic heterocycles. The van der Waals surface area contributed by atoms with Gasteiger partial charge in [-0.1, -0.05) is 0 Å². The van der Waals surface area contributed by atoms with Crippen LogP contribution < -0.4 is 11.5 Å². The summed E-state index contributed by atoms with van der Waals surface area (Å²) in [7, 11) is 0. The molecule has 0 saturated carbocycles. The highest BCUT2D eigenvalue weighted by molar-refractivity contribution is 9.10. The van der Waals surface area contributed by atoms with Gasteiger partial charge >= 0.3 is 0 Å². The van der Waals surface area contributed by atoms with Crippen LogP contribution in [-0.4, -0.2) is 4.98 Å². The first-order chi connectivity index (χ1) is 5.52. The normalized spacial score (nSPS) is 10.7. The smallest absolute Gasteiger partial charge is 0.280 e. The molecule has 3 nitrogen and oxygen atoms in total. The molecular weight excluding hydrogens is 232 g/mol. The van der Waals surface area contributed by atoms with Crippen molar-refractivity contribution in [3.05, 3.63) is 16.2 Å². The molecule has 0 aromatic carbocycles. The van der Waals surface area contributed by atoms with Crippen molar-refractivity contribution >= 4 is 27.4 Å². The summed E-state index contributed by atoms with van der Waals surface area (Å²) >= 11 is 2.99. The van der Waals surface area contributed by atoms with Crippen molar-refractivity contribution in [2.45, 2.75) is 6.43 Å². The van der Waals surface area contributed by atoms with E-state index in [1.807, 2.05) is 0 Å². The molecule has 0 aliphatic rings. The van der Waals surface area contributed by atoms with E-state index >= 15 is 0 Å². The minimum atomic E-state index is -2.64. The molecule has 0 amide bonds. The Morgan fingerprint density at radius 1 is 1.42 bits per heavy atom. The predicted octanol–water partition coefficient (Wildman–Crippen LogP) is 1.95. The summed E-state index contributed by atoms with van der Waals surface area (Å²) in [5.41, 5.74) is 10.4. The molecule has 4 N–H and O–H groups in total. The second-order valence-corrected chi connectivity index (χ2v) is 2.98. The standard InChI is InChI=1S/C6H6BrF2N3/c7-2-1-3(5(8)9)12-6(11)4(2)10/h1,5H,10H2,(H2,11,12). The number of pyridine rings is 1. The van der Waals surface area contributed by atoms with E-state index in [1.54, 1.807) is 0 Å². The third-order valence-corrected chi connectivity index (χ3v) is 1.94. The van der Waals surface area contributed by atoms with E-state index < -0.39 is 6.43 Å². The van der Waals surface area contributed by atoms with Gasteiger partial charge in [-0.2, -0.15) is 0 Å². The number of aromatic nitrogens is 1. The van der Waals surface area contributed by atoms with Crippen molar-refractivity contribution < 1.29 is 8.78 Å². The van der Waals surface area contributed by atoms with E-state index in [0.29, 0.717) is 4.47 Å². The lowest BCUT2D eigenvalue weighted by Gasteiger charge is -2.04. The number of nitrogens with two attached hydrogens (primary N) is 2. The first-order valence-electron chi connectivity index (χ1n) is 3.02. The topological polar surface area (TPSA) is 64.9 Å². The van der Waals surface area contributed by atoms with Gasteiger partial charge in [0.15, 0.2) is 0 Å². The van der Waals surface area contributed by atoms with E-state index in [2.05, 4.69) is 20.9 Å². The molecule has 0 unspecified atom stereocenters. The highest BCUT2D eigenvalue weighted by atomic mass is 79.9. The van der Waals surface area contributed by atoms with Gasteiger partial charge in [0.05, 0.1) is 5.69 Å². The van der Waals surface area contributed by atoms with Crippen molar-refractivity contribution in [3.8, 4) is 0 Å². The van der Waals surface area contributed by atoms with Crippen LogP contribution in [-0.2, 0) is 0 Å². The Morgan fingerprint density at radius 3 is 2.42 bits per heavy atom. The quantitative estimate of drug-likeness (QED) is 0.785. The van der Waals surface area contributed by atoms with Crippen LogP contribution in [0.2, 0.25) is 0 Å². The third-order valence-electron chi connectivity index (χ3n) is 1.28. The summed E-state index contributed by atoms with van der Waals surface area (Å²) in [5, 5.41) is 0. The summed E-state index contributed by atoms with van der Waals surface area (Å²) in [6.07, 6.45) is -2.64. The Balaban J connectivity index is 3.21. The second-order valence-electron chi connectivity index (χ2n) is 2.13. The fourth-order valence-electron chi connectivity index (χ4n) is 0.673. The highest BCUT2D eigenvalue weighted by Crippen LogP contribution is 2.28. The Kier molecular flexibility index (Phi) is 2.46. The number of hydrogen-bond acceptors (Lipinski definition) is 3. The molecule has 0 saturated heterocycles. The fourth-order valence-corrected chi connectivity index (χ4v) is 1.11. The second kappa shape index (κ2) is 3.22. The highest BCUT2D eigenvalue weighted by Gasteiger charge is 2.12. The summed E-state index contributed by atoms with van der Waals surface area (Å²) in [5.74, 6) is -0.0836. The minimum absolute atomic E-state index is 0.0836. The average molecular weight is 238 g/mol. The molecule has 0 fully saturated rings. The monoisotopic (exact) mass is 237 g/mol. The Bertz CT molecular complexity index is 280. The summed E-state index contributed by atoms with van der Waals surface area (Å²) < 4.78 is 24.5. The minimum Gasteiger partial charge on any atom is -0.395 e. The molecule has 1 rings (SSSR count). The van der Waals surface area contributed by atoms with Gasteiger partial charge in [0.2, 0.25) is 0 Å². The molecule has 6 heteroatoms. The fraction of sp³-hybridized carbons (Fsp3) is 0.167. The van der Waals surface area contributed by atoms with Gasteiger partial charge in [-0.05, 0) is 22.0 Å². The molecule has 1 heterocycles. The molecule has 66 valence electrons. The first kappa shape index (κ1) is 9.18. The molecule has 0 aliphatic carbocycles. The van der Waals surface area contributed by atoms with E-state index in [-0.39, 0.29) is 17.2 Å². The van der Waals surface area contributed by atoms with Crippen LogP contribution in [0.4, 0.5) is 20.3 Å². The van der Waals surface area contributed by atoms with E-state index in [9.17, 15) is 8.78 Å². The number of rotatable bonds is 1. The van der Waals surface area contributed by atoms with E-state index in [4.69, 9.17) is 11.5 Å². The molecule has 1 aromatic rings. The van der Waals surface area contributed by atoms with Gasteiger partial charge in [0, 0.05) is 4.47 Å². The van der Waals surface area contributed by atoms with Crippen molar-refractivity contribution in [2.24, 2.45) is 0 Å². The third kappa shape index (κ3) is 1.63. The van der Waals surface area contributed by atoms with Crippen LogP contribution in [0.25, 0.3) is 0 Å². The maximum Gasteiger partial charge on any atom is 0.280 e. The summed E-state index contributed by atoms with van der Waals surface area (Å²) in [4.78, 5) is 3.41. The van der Waals surface area contributed by atoms with Crippen molar-refractivity contribution in [2.75, 3.05) is 11.5 Å². The first-order valence-corrected chi connectivity index (χ1v) is 3.81. The van der Waals surface area contributed by atoms with E-state index in [1.165, 1.54) is 0 Å². The molecule has 0 radical (unpaired) electrons. The summed E-state index contributed by atoms with van der Waals surface area (Å²) in [6, 6.07) is 1.15. The number of nitrogens with zero attached hydrogens (tertiary/aromatic N) is 1. The van der Waals surface area contributed by atoms with Gasteiger partial charge in [-0.15, -0.1) is 0 Å². The number of halogens is 3. The van der Waals surface area contributed by atoms with Gasteiger partial charge in [-0.3, -0.25) is 0 Å². The largest absolute Gasteiger partial charge is 0.395 e. The number of nitrogen functional groups attached to an aromatic ring is 2. The lowest BCUT2D eigenvalue weighted by Crippen LogP contribution is -2.02. The van der Waals surface area contributed by atoms with Crippen LogP contribution in [0.15, 0.2) is 10.5 Å². The zero-order chi connectivity index (χ0) is 9.30. The van der Waals surface area contributed by atoms with E-state index in [0.717, 1.165) is 6.07 Å². The zero-order valence-corrected chi connectivity index (χ0v) is 7.48. The molecule has 12 heavy (non-hydrogen) atoms. The number of hydrogen-bond donors (Lipinski definition) is 2. The molecule has 0 aliphatic heterocycles. The van der Waals surface area contributed by atoms with Crippen molar-refractivity contribution in [3.63, 3.8) is 0 Å². The Morgan fingerprint density at radius 2 is 2.00 bits per heavy atom. The molecule has 0 atom stereocenters. The average Bonchev–Trinajstić information content (AvgIpc) is 1.99. The molecule has 0 bridgehead atoms. The Hall–Kier alpha value is -0.910. The lowest BCUT2D eigenvalue weighted by molar-refractivity contribution is 0.146. The zero-order valence-electron chi connectivity index (χ0n) is 5.89. The Labute approximate surface area is 75.9 Å². The molecule has 0 spiro atoms. The number of anilines is 2. The van der Waals surface area contributed by atoms with Crippen LogP contribution in [0.3, 0.4) is 0 Å². The van der Waals surface area contributed by atoms with Gasteiger partial charge in [-0.25, -0.2) is 13.8 Å². The van der Waals surface area contributed by atoms with Crippen LogP contribution >= 0.6 is 15.9 Å². The maximum atomic E-state index is 12.1.